The summed E-state index contributed by atoms with van der Waals surface area (Å²) in [5, 5.41) is 10.7. The summed E-state index contributed by atoms with van der Waals surface area (Å²) in [7, 11) is 0. The number of fused-ring (bicyclic) bond motifs is 1. The molecule has 5 heteroatoms. The zero-order chi connectivity index (χ0) is 18.0. The topological polar surface area (TPSA) is 43.8 Å². The molecule has 0 fully saturated rings. The molecule has 1 heterocycles. The van der Waals surface area contributed by atoms with E-state index in [0.717, 1.165) is 35.5 Å². The number of carbonyl (C=O) groups is 1. The van der Waals surface area contributed by atoms with Crippen LogP contribution in [-0.2, 0) is 4.79 Å². The predicted molar refractivity (Wildman–Crippen MR) is 97.4 cm³/mol. The summed E-state index contributed by atoms with van der Waals surface area (Å²) in [6, 6.07) is 12.2. The number of anilines is 2. The quantitative estimate of drug-likeness (QED) is 0.929. The standard InChI is InChI=1S/C20H23FN2O2/c1-14-12-16(21)8-9-17(14)20(25)13-22-10-5-11-23(15(2)24)19-7-4-3-6-18(19)22/h3-4,6-9,12,20,25H,5,10-11,13H2,1-2H3. The van der Waals surface area contributed by atoms with E-state index in [0.29, 0.717) is 13.1 Å². The lowest BCUT2D eigenvalue weighted by Crippen LogP contribution is -2.29. The van der Waals surface area contributed by atoms with Gasteiger partial charge in [-0.25, -0.2) is 4.39 Å². The average Bonchev–Trinajstić information content (AvgIpc) is 2.75. The van der Waals surface area contributed by atoms with Gasteiger partial charge in [0.25, 0.3) is 0 Å². The van der Waals surface area contributed by atoms with E-state index in [1.807, 2.05) is 24.3 Å². The number of rotatable bonds is 3. The van der Waals surface area contributed by atoms with Crippen molar-refractivity contribution < 1.29 is 14.3 Å². The molecular formula is C20H23FN2O2. The normalized spacial score (nSPS) is 15.5. The van der Waals surface area contributed by atoms with Crippen LogP contribution in [0.5, 0.6) is 0 Å². The van der Waals surface area contributed by atoms with E-state index in [2.05, 4.69) is 4.90 Å². The Labute approximate surface area is 147 Å². The number of β-amino-alcohol motifs (C(OH)–C–C–N with tert-alkyl or cyclic N) is 1. The highest BCUT2D eigenvalue weighted by atomic mass is 19.1. The number of aliphatic hydroxyl groups excluding tert-OH is 1. The van der Waals surface area contributed by atoms with Crippen LogP contribution in [0.1, 0.15) is 30.6 Å². The van der Waals surface area contributed by atoms with Crippen LogP contribution in [0.2, 0.25) is 0 Å². The minimum Gasteiger partial charge on any atom is -0.387 e. The third kappa shape index (κ3) is 3.66. The molecule has 1 amide bonds. The van der Waals surface area contributed by atoms with E-state index in [4.69, 9.17) is 0 Å². The largest absolute Gasteiger partial charge is 0.387 e. The monoisotopic (exact) mass is 342 g/mol. The summed E-state index contributed by atoms with van der Waals surface area (Å²) in [4.78, 5) is 15.8. The van der Waals surface area contributed by atoms with Gasteiger partial charge in [-0.1, -0.05) is 18.2 Å². The number of hydrogen-bond donors (Lipinski definition) is 1. The van der Waals surface area contributed by atoms with E-state index in [9.17, 15) is 14.3 Å². The lowest BCUT2D eigenvalue weighted by Gasteiger charge is -2.28. The van der Waals surface area contributed by atoms with E-state index in [1.54, 1.807) is 24.8 Å². The molecule has 1 unspecified atom stereocenters. The first kappa shape index (κ1) is 17.4. The zero-order valence-electron chi connectivity index (χ0n) is 14.6. The van der Waals surface area contributed by atoms with Crippen LogP contribution in [0.15, 0.2) is 42.5 Å². The second kappa shape index (κ2) is 7.23. The molecule has 0 bridgehead atoms. The van der Waals surface area contributed by atoms with Crippen molar-refractivity contribution in [1.29, 1.82) is 0 Å². The van der Waals surface area contributed by atoms with Crippen molar-refractivity contribution >= 4 is 17.3 Å². The van der Waals surface area contributed by atoms with Gasteiger partial charge in [0.2, 0.25) is 5.91 Å². The van der Waals surface area contributed by atoms with Crippen molar-refractivity contribution in [3.8, 4) is 0 Å². The van der Waals surface area contributed by atoms with Gasteiger partial charge >= 0.3 is 0 Å². The highest BCUT2D eigenvalue weighted by Gasteiger charge is 2.24. The fourth-order valence-electron chi connectivity index (χ4n) is 3.46. The molecule has 0 aromatic heterocycles. The molecule has 0 aliphatic carbocycles. The Morgan fingerprint density at radius 1 is 1.20 bits per heavy atom. The fourth-order valence-corrected chi connectivity index (χ4v) is 3.46. The Hall–Kier alpha value is -2.40. The number of carbonyl (C=O) groups excluding carboxylic acids is 1. The Morgan fingerprint density at radius 2 is 1.92 bits per heavy atom. The first-order chi connectivity index (χ1) is 12.0. The third-order valence-corrected chi connectivity index (χ3v) is 4.69. The van der Waals surface area contributed by atoms with Crippen molar-refractivity contribution in [2.24, 2.45) is 0 Å². The van der Waals surface area contributed by atoms with Gasteiger partial charge in [0.1, 0.15) is 5.82 Å². The third-order valence-electron chi connectivity index (χ3n) is 4.69. The van der Waals surface area contributed by atoms with Crippen molar-refractivity contribution in [3.63, 3.8) is 0 Å². The summed E-state index contributed by atoms with van der Waals surface area (Å²) in [6.07, 6.45) is 0.0983. The van der Waals surface area contributed by atoms with Crippen LogP contribution in [0, 0.1) is 12.7 Å². The fraction of sp³-hybridized carbons (Fsp3) is 0.350. The van der Waals surface area contributed by atoms with Crippen molar-refractivity contribution in [3.05, 3.63) is 59.4 Å². The van der Waals surface area contributed by atoms with Gasteiger partial charge in [-0.05, 0) is 48.7 Å². The lowest BCUT2D eigenvalue weighted by atomic mass is 10.0. The number of aryl methyl sites for hydroxylation is 1. The van der Waals surface area contributed by atoms with Crippen molar-refractivity contribution in [1.82, 2.24) is 0 Å². The zero-order valence-corrected chi connectivity index (χ0v) is 14.6. The smallest absolute Gasteiger partial charge is 0.223 e. The van der Waals surface area contributed by atoms with Gasteiger partial charge in [-0.2, -0.15) is 0 Å². The van der Waals surface area contributed by atoms with Gasteiger partial charge in [0.05, 0.1) is 17.5 Å². The van der Waals surface area contributed by atoms with Crippen LogP contribution in [0.4, 0.5) is 15.8 Å². The molecule has 0 spiro atoms. The molecule has 0 saturated carbocycles. The molecule has 0 saturated heterocycles. The highest BCUT2D eigenvalue weighted by Crippen LogP contribution is 2.33. The number of nitrogens with zero attached hydrogens (tertiary/aromatic N) is 2. The number of halogens is 1. The Morgan fingerprint density at radius 3 is 2.60 bits per heavy atom. The van der Waals surface area contributed by atoms with Gasteiger partial charge in [-0.3, -0.25) is 4.79 Å². The van der Waals surface area contributed by atoms with Gasteiger partial charge in [0.15, 0.2) is 0 Å². The highest BCUT2D eigenvalue weighted by molar-refractivity contribution is 5.95. The summed E-state index contributed by atoms with van der Waals surface area (Å²) in [5.74, 6) is -0.283. The maximum absolute atomic E-state index is 13.3. The van der Waals surface area contributed by atoms with E-state index in [1.165, 1.54) is 12.1 Å². The van der Waals surface area contributed by atoms with Crippen LogP contribution < -0.4 is 9.80 Å². The van der Waals surface area contributed by atoms with E-state index >= 15 is 0 Å². The number of hydrogen-bond acceptors (Lipinski definition) is 3. The summed E-state index contributed by atoms with van der Waals surface area (Å²) < 4.78 is 13.3. The molecule has 3 rings (SSSR count). The molecule has 0 radical (unpaired) electrons. The van der Waals surface area contributed by atoms with Crippen molar-refractivity contribution in [2.45, 2.75) is 26.4 Å². The molecule has 1 N–H and O–H groups in total. The number of benzene rings is 2. The summed E-state index contributed by atoms with van der Waals surface area (Å²) in [6.45, 7) is 5.18. The van der Waals surface area contributed by atoms with Gasteiger partial charge in [0, 0.05) is 26.6 Å². The van der Waals surface area contributed by atoms with Crippen molar-refractivity contribution in [2.75, 3.05) is 29.4 Å². The van der Waals surface area contributed by atoms with Crippen LogP contribution in [-0.4, -0.2) is 30.6 Å². The minimum atomic E-state index is -0.725. The Balaban J connectivity index is 1.89. The van der Waals surface area contributed by atoms with E-state index in [-0.39, 0.29) is 11.7 Å². The van der Waals surface area contributed by atoms with Gasteiger partial charge < -0.3 is 14.9 Å². The number of amides is 1. The first-order valence-corrected chi connectivity index (χ1v) is 8.53. The van der Waals surface area contributed by atoms with Crippen LogP contribution >= 0.6 is 0 Å². The Kier molecular flexibility index (Phi) is 5.04. The molecule has 132 valence electrons. The summed E-state index contributed by atoms with van der Waals surface area (Å²) in [5.41, 5.74) is 3.28. The van der Waals surface area contributed by atoms with Crippen LogP contribution in [0.3, 0.4) is 0 Å². The molecule has 1 atom stereocenters. The van der Waals surface area contributed by atoms with Gasteiger partial charge in [-0.15, -0.1) is 0 Å². The molecule has 2 aromatic carbocycles. The summed E-state index contributed by atoms with van der Waals surface area (Å²) >= 11 is 0. The molecule has 2 aromatic rings. The molecule has 25 heavy (non-hydrogen) atoms. The number of aliphatic hydroxyl groups is 1. The lowest BCUT2D eigenvalue weighted by molar-refractivity contribution is -0.116. The first-order valence-electron chi connectivity index (χ1n) is 8.53. The Bertz CT molecular complexity index is 778. The molecule has 1 aliphatic heterocycles. The average molecular weight is 342 g/mol. The number of para-hydroxylation sites is 2. The SMILES string of the molecule is CC(=O)N1CCCN(CC(O)c2ccc(F)cc2C)c2ccccc21. The molecule has 1 aliphatic rings. The molecular weight excluding hydrogens is 319 g/mol. The second-order valence-electron chi connectivity index (χ2n) is 6.48. The molecule has 4 nitrogen and oxygen atoms in total. The minimum absolute atomic E-state index is 0.0178. The second-order valence-corrected chi connectivity index (χ2v) is 6.48. The van der Waals surface area contributed by atoms with Crippen LogP contribution in [0.25, 0.3) is 0 Å². The predicted octanol–water partition coefficient (Wildman–Crippen LogP) is 3.43. The maximum atomic E-state index is 13.3. The maximum Gasteiger partial charge on any atom is 0.223 e. The van der Waals surface area contributed by atoms with E-state index < -0.39 is 6.10 Å².